The van der Waals surface area contributed by atoms with Gasteiger partial charge >= 0.3 is 6.09 Å². The lowest BCUT2D eigenvalue weighted by Gasteiger charge is -2.24. The highest BCUT2D eigenvalue weighted by Crippen LogP contribution is 2.22. The summed E-state index contributed by atoms with van der Waals surface area (Å²) in [5.41, 5.74) is -0.000982. The van der Waals surface area contributed by atoms with Crippen molar-refractivity contribution in [1.82, 2.24) is 20.8 Å². The van der Waals surface area contributed by atoms with Crippen LogP contribution in [-0.2, 0) is 4.74 Å². The van der Waals surface area contributed by atoms with E-state index in [1.54, 1.807) is 0 Å². The molecule has 0 saturated carbocycles. The van der Waals surface area contributed by atoms with Crippen LogP contribution in [0.5, 0.6) is 0 Å². The fraction of sp³-hybridized carbons (Fsp3) is 0.600. The third kappa shape index (κ3) is 3.65. The Morgan fingerprint density at radius 2 is 2.21 bits per heavy atom. The number of piperidine rings is 1. The minimum atomic E-state index is -0.511. The molecular weight excluding hydrogens is 312 g/mol. The Morgan fingerprint density at radius 3 is 2.96 bits per heavy atom. The van der Waals surface area contributed by atoms with Crippen LogP contribution in [0.4, 0.5) is 10.5 Å². The lowest BCUT2D eigenvalue weighted by Crippen LogP contribution is -2.44. The average Bonchev–Trinajstić information content (AvgIpc) is 3.03. The fourth-order valence-electron chi connectivity index (χ4n) is 3.10. The molecule has 128 valence electrons. The van der Waals surface area contributed by atoms with E-state index in [9.17, 15) is 9.59 Å². The zero-order chi connectivity index (χ0) is 16.9. The number of nitriles is 1. The van der Waals surface area contributed by atoms with Gasteiger partial charge in [0, 0.05) is 19.0 Å². The number of carbonyl (C=O) groups is 1. The zero-order valence-corrected chi connectivity index (χ0v) is 13.2. The highest BCUT2D eigenvalue weighted by atomic mass is 16.6. The van der Waals surface area contributed by atoms with Crippen LogP contribution in [0.25, 0.3) is 0 Å². The van der Waals surface area contributed by atoms with Gasteiger partial charge in [0.25, 0.3) is 5.56 Å². The van der Waals surface area contributed by atoms with Crippen molar-refractivity contribution in [3.05, 3.63) is 22.1 Å². The summed E-state index contributed by atoms with van der Waals surface area (Å²) >= 11 is 0. The predicted molar refractivity (Wildman–Crippen MR) is 85.7 cm³/mol. The molecule has 2 aliphatic heterocycles. The van der Waals surface area contributed by atoms with Gasteiger partial charge in [-0.3, -0.25) is 4.79 Å². The highest BCUT2D eigenvalue weighted by molar-refractivity contribution is 5.68. The molecule has 9 nitrogen and oxygen atoms in total. The van der Waals surface area contributed by atoms with Gasteiger partial charge in [0.2, 0.25) is 0 Å². The summed E-state index contributed by atoms with van der Waals surface area (Å²) in [6.07, 6.45) is 3.23. The number of carbonyl (C=O) groups excluding carboxylic acids is 1. The third-order valence-corrected chi connectivity index (χ3v) is 4.37. The van der Waals surface area contributed by atoms with Crippen LogP contribution >= 0.6 is 0 Å². The Kier molecular flexibility index (Phi) is 4.96. The number of rotatable bonds is 3. The molecule has 24 heavy (non-hydrogen) atoms. The standard InChI is InChI=1S/C15H20N6O3/c16-7-12-13(8-18-20-14(12)22)21-6-3-11(9-21)24-15(23)19-10-1-4-17-5-2-10/h8,10-11,17H,1-6,9H2,(H,19,23)(H,20,22). The average molecular weight is 332 g/mol. The van der Waals surface area contributed by atoms with E-state index in [1.165, 1.54) is 6.20 Å². The van der Waals surface area contributed by atoms with Gasteiger partial charge in [0.1, 0.15) is 17.7 Å². The van der Waals surface area contributed by atoms with Crippen LogP contribution in [0.15, 0.2) is 11.0 Å². The molecule has 1 aromatic rings. The van der Waals surface area contributed by atoms with Gasteiger partial charge in [0.15, 0.2) is 0 Å². The quantitative estimate of drug-likeness (QED) is 0.694. The molecule has 2 fully saturated rings. The number of amides is 1. The van der Waals surface area contributed by atoms with Crippen LogP contribution in [0.3, 0.4) is 0 Å². The SMILES string of the molecule is N#Cc1c(N2CCC(OC(=O)NC3CCNCC3)C2)cn[nH]c1=O. The molecule has 3 rings (SSSR count). The summed E-state index contributed by atoms with van der Waals surface area (Å²) < 4.78 is 5.47. The maximum atomic E-state index is 12.0. The fourth-order valence-corrected chi connectivity index (χ4v) is 3.10. The maximum absolute atomic E-state index is 12.0. The molecule has 3 N–H and O–H groups in total. The Labute approximate surface area is 139 Å². The third-order valence-electron chi connectivity index (χ3n) is 4.37. The van der Waals surface area contributed by atoms with Crippen molar-refractivity contribution >= 4 is 11.8 Å². The van der Waals surface area contributed by atoms with E-state index < -0.39 is 11.7 Å². The number of alkyl carbamates (subject to hydrolysis) is 1. The van der Waals surface area contributed by atoms with Crippen molar-refractivity contribution in [2.45, 2.75) is 31.4 Å². The summed E-state index contributed by atoms with van der Waals surface area (Å²) in [5, 5.41) is 21.3. The van der Waals surface area contributed by atoms with Crippen molar-refractivity contribution < 1.29 is 9.53 Å². The first kappa shape index (κ1) is 16.3. The van der Waals surface area contributed by atoms with Crippen molar-refractivity contribution in [3.8, 4) is 6.07 Å². The minimum Gasteiger partial charge on any atom is -0.444 e. The number of aromatic amines is 1. The Bertz CT molecular complexity index is 691. The van der Waals surface area contributed by atoms with Crippen molar-refractivity contribution in [3.63, 3.8) is 0 Å². The number of aromatic nitrogens is 2. The first-order chi connectivity index (χ1) is 11.7. The second-order valence-electron chi connectivity index (χ2n) is 6.00. The van der Waals surface area contributed by atoms with Gasteiger partial charge in [-0.25, -0.2) is 9.89 Å². The summed E-state index contributed by atoms with van der Waals surface area (Å²) in [7, 11) is 0. The lowest BCUT2D eigenvalue weighted by atomic mass is 10.1. The largest absolute Gasteiger partial charge is 0.444 e. The van der Waals surface area contributed by atoms with Crippen LogP contribution in [0.1, 0.15) is 24.8 Å². The van der Waals surface area contributed by atoms with E-state index in [4.69, 9.17) is 10.00 Å². The summed E-state index contributed by atoms with van der Waals surface area (Å²) in [6.45, 7) is 2.84. The maximum Gasteiger partial charge on any atom is 0.407 e. The summed E-state index contributed by atoms with van der Waals surface area (Å²) in [5.74, 6) is 0. The Hall–Kier alpha value is -2.60. The van der Waals surface area contributed by atoms with Gasteiger partial charge in [-0.2, -0.15) is 10.4 Å². The molecule has 1 amide bonds. The van der Waals surface area contributed by atoms with Crippen LogP contribution in [0, 0.1) is 11.3 Å². The smallest absolute Gasteiger partial charge is 0.407 e. The van der Waals surface area contributed by atoms with Gasteiger partial charge in [-0.15, -0.1) is 0 Å². The number of hydrogen-bond acceptors (Lipinski definition) is 7. The molecule has 9 heteroatoms. The number of ether oxygens (including phenoxy) is 1. The second-order valence-corrected chi connectivity index (χ2v) is 6.00. The van der Waals surface area contributed by atoms with Gasteiger partial charge in [-0.05, 0) is 25.9 Å². The number of nitrogens with one attached hydrogen (secondary N) is 3. The summed E-state index contributed by atoms with van der Waals surface area (Å²) in [4.78, 5) is 25.5. The van der Waals surface area contributed by atoms with Crippen molar-refractivity contribution in [1.29, 1.82) is 5.26 Å². The molecular formula is C15H20N6O3. The molecule has 0 spiro atoms. The summed E-state index contributed by atoms with van der Waals surface area (Å²) in [6, 6.07) is 2.05. The van der Waals surface area contributed by atoms with Gasteiger partial charge in [-0.1, -0.05) is 0 Å². The molecule has 1 atom stereocenters. The molecule has 2 aliphatic rings. The normalized spacial score (nSPS) is 21.3. The molecule has 0 aliphatic carbocycles. The van der Waals surface area contributed by atoms with Crippen LogP contribution < -0.4 is 21.1 Å². The zero-order valence-electron chi connectivity index (χ0n) is 13.2. The van der Waals surface area contributed by atoms with E-state index in [2.05, 4.69) is 20.8 Å². The molecule has 0 aromatic carbocycles. The number of H-pyrrole nitrogens is 1. The van der Waals surface area contributed by atoms with Crippen molar-refractivity contribution in [2.75, 3.05) is 31.1 Å². The molecule has 1 aromatic heterocycles. The topological polar surface area (TPSA) is 123 Å². The van der Waals surface area contributed by atoms with E-state index in [1.807, 2.05) is 11.0 Å². The number of anilines is 1. The van der Waals surface area contributed by atoms with E-state index >= 15 is 0 Å². The van der Waals surface area contributed by atoms with E-state index in [0.717, 1.165) is 25.9 Å². The molecule has 3 heterocycles. The second kappa shape index (κ2) is 7.31. The number of hydrogen-bond donors (Lipinski definition) is 3. The van der Waals surface area contributed by atoms with Crippen molar-refractivity contribution in [2.24, 2.45) is 0 Å². The first-order valence-corrected chi connectivity index (χ1v) is 8.08. The monoisotopic (exact) mass is 332 g/mol. The van der Waals surface area contributed by atoms with Crippen LogP contribution in [-0.4, -0.2) is 54.6 Å². The Morgan fingerprint density at radius 1 is 1.42 bits per heavy atom. The van der Waals surface area contributed by atoms with Gasteiger partial charge in [0.05, 0.1) is 18.4 Å². The Balaban J connectivity index is 1.56. The predicted octanol–water partition coefficient (Wildman–Crippen LogP) is -0.302. The molecule has 0 radical (unpaired) electrons. The van der Waals surface area contributed by atoms with E-state index in [0.29, 0.717) is 25.2 Å². The molecule has 1 unspecified atom stereocenters. The van der Waals surface area contributed by atoms with E-state index in [-0.39, 0.29) is 17.7 Å². The molecule has 0 bridgehead atoms. The van der Waals surface area contributed by atoms with Gasteiger partial charge < -0.3 is 20.3 Å². The highest BCUT2D eigenvalue weighted by Gasteiger charge is 2.29. The molecule has 2 saturated heterocycles. The number of nitrogens with zero attached hydrogens (tertiary/aromatic N) is 3. The van der Waals surface area contributed by atoms with Crippen LogP contribution in [0.2, 0.25) is 0 Å². The minimum absolute atomic E-state index is 0.0322. The lowest BCUT2D eigenvalue weighted by molar-refractivity contribution is 0.103. The first-order valence-electron chi connectivity index (χ1n) is 8.08.